The maximum absolute atomic E-state index is 11.6. The largest absolute Gasteiger partial charge is 0.397 e. The molecule has 1 atom stereocenters. The van der Waals surface area contributed by atoms with Crippen molar-refractivity contribution in [3.63, 3.8) is 0 Å². The van der Waals surface area contributed by atoms with Crippen LogP contribution in [0.1, 0.15) is 18.5 Å². The van der Waals surface area contributed by atoms with Crippen LogP contribution >= 0.6 is 0 Å². The maximum atomic E-state index is 11.6. The average Bonchev–Trinajstić information content (AvgIpc) is 2.21. The van der Waals surface area contributed by atoms with Crippen LogP contribution in [0.4, 0.5) is 5.69 Å². The van der Waals surface area contributed by atoms with E-state index >= 15 is 0 Å². The monoisotopic (exact) mass is 209 g/mol. The van der Waals surface area contributed by atoms with E-state index in [0.717, 1.165) is 5.56 Å². The topological polar surface area (TPSA) is 77.1 Å². The summed E-state index contributed by atoms with van der Waals surface area (Å²) < 4.78 is 1.32. The van der Waals surface area contributed by atoms with E-state index in [4.69, 9.17) is 5.73 Å². The molecule has 0 radical (unpaired) electrons. The number of amides is 1. The molecule has 15 heavy (non-hydrogen) atoms. The summed E-state index contributed by atoms with van der Waals surface area (Å²) in [6, 6.07) is 0.875. The molecule has 0 saturated carbocycles. The standard InChI is InChI=1S/C10H15N3O2/c1-6-4-9(14)13(5-8(6)11)7(2)10(15)12-3/h4-5,7H,11H2,1-3H3,(H,12,15). The Balaban J connectivity index is 3.21. The second kappa shape index (κ2) is 4.16. The van der Waals surface area contributed by atoms with Crippen LogP contribution in [0.5, 0.6) is 0 Å². The second-order valence-electron chi connectivity index (χ2n) is 3.45. The molecular formula is C10H15N3O2. The molecule has 0 aliphatic heterocycles. The first-order valence-corrected chi connectivity index (χ1v) is 4.67. The molecule has 5 nitrogen and oxygen atoms in total. The molecule has 82 valence electrons. The number of pyridine rings is 1. The van der Waals surface area contributed by atoms with Crippen molar-refractivity contribution in [2.24, 2.45) is 0 Å². The lowest BCUT2D eigenvalue weighted by molar-refractivity contribution is -0.123. The van der Waals surface area contributed by atoms with Gasteiger partial charge in [-0.25, -0.2) is 0 Å². The van der Waals surface area contributed by atoms with E-state index in [9.17, 15) is 9.59 Å². The molecule has 1 rings (SSSR count). The number of carbonyl (C=O) groups excluding carboxylic acids is 1. The zero-order chi connectivity index (χ0) is 11.6. The molecule has 0 aromatic carbocycles. The van der Waals surface area contributed by atoms with Gasteiger partial charge in [-0.05, 0) is 19.4 Å². The summed E-state index contributed by atoms with van der Waals surface area (Å²) >= 11 is 0. The lowest BCUT2D eigenvalue weighted by Crippen LogP contribution is -2.33. The summed E-state index contributed by atoms with van der Waals surface area (Å²) in [5.74, 6) is -0.222. The third-order valence-corrected chi connectivity index (χ3v) is 2.37. The number of carbonyl (C=O) groups is 1. The highest BCUT2D eigenvalue weighted by atomic mass is 16.2. The molecule has 0 aliphatic carbocycles. The quantitative estimate of drug-likeness (QED) is 0.722. The van der Waals surface area contributed by atoms with Gasteiger partial charge in [0.25, 0.3) is 5.56 Å². The molecule has 3 N–H and O–H groups in total. The van der Waals surface area contributed by atoms with Gasteiger partial charge in [0.05, 0.1) is 5.69 Å². The molecule has 1 aromatic heterocycles. The Bertz CT molecular complexity index is 437. The highest BCUT2D eigenvalue weighted by Crippen LogP contribution is 2.09. The first-order valence-electron chi connectivity index (χ1n) is 4.67. The molecule has 1 amide bonds. The molecule has 0 bridgehead atoms. The zero-order valence-electron chi connectivity index (χ0n) is 9.07. The summed E-state index contributed by atoms with van der Waals surface area (Å²) in [5, 5.41) is 2.49. The predicted octanol–water partition coefficient (Wildman–Crippen LogP) is 0.0459. The Morgan fingerprint density at radius 3 is 2.73 bits per heavy atom. The fraction of sp³-hybridized carbons (Fsp3) is 0.400. The van der Waals surface area contributed by atoms with Gasteiger partial charge in [0.2, 0.25) is 5.91 Å². The molecule has 1 heterocycles. The summed E-state index contributed by atoms with van der Waals surface area (Å²) in [4.78, 5) is 22.9. The number of hydrogen-bond acceptors (Lipinski definition) is 3. The van der Waals surface area contributed by atoms with E-state index in [-0.39, 0.29) is 11.5 Å². The molecule has 0 saturated heterocycles. The number of nitrogens with zero attached hydrogens (tertiary/aromatic N) is 1. The van der Waals surface area contributed by atoms with E-state index in [2.05, 4.69) is 5.32 Å². The van der Waals surface area contributed by atoms with Crippen molar-refractivity contribution in [3.8, 4) is 0 Å². The summed E-state index contributed by atoms with van der Waals surface area (Å²) in [6.45, 7) is 3.40. The van der Waals surface area contributed by atoms with Crippen molar-refractivity contribution in [1.29, 1.82) is 0 Å². The Morgan fingerprint density at radius 2 is 2.20 bits per heavy atom. The number of nitrogens with one attached hydrogen (secondary N) is 1. The first kappa shape index (κ1) is 11.3. The van der Waals surface area contributed by atoms with Crippen LogP contribution in [-0.2, 0) is 4.79 Å². The van der Waals surface area contributed by atoms with Crippen molar-refractivity contribution in [3.05, 3.63) is 28.2 Å². The van der Waals surface area contributed by atoms with Gasteiger partial charge >= 0.3 is 0 Å². The van der Waals surface area contributed by atoms with Crippen LogP contribution in [0.15, 0.2) is 17.1 Å². The second-order valence-corrected chi connectivity index (χ2v) is 3.45. The van der Waals surface area contributed by atoms with Gasteiger partial charge in [-0.3, -0.25) is 9.59 Å². The Kier molecular flexibility index (Phi) is 3.14. The number of aryl methyl sites for hydroxylation is 1. The van der Waals surface area contributed by atoms with Crippen LogP contribution in [-0.4, -0.2) is 17.5 Å². The molecule has 1 unspecified atom stereocenters. The normalized spacial score (nSPS) is 12.2. The number of aromatic nitrogens is 1. The third-order valence-electron chi connectivity index (χ3n) is 2.37. The fourth-order valence-electron chi connectivity index (χ4n) is 1.30. The lowest BCUT2D eigenvalue weighted by atomic mass is 10.2. The van der Waals surface area contributed by atoms with Gasteiger partial charge in [-0.1, -0.05) is 0 Å². The third kappa shape index (κ3) is 2.18. The summed E-state index contributed by atoms with van der Waals surface area (Å²) in [7, 11) is 1.53. The minimum Gasteiger partial charge on any atom is -0.397 e. The molecule has 1 aromatic rings. The Labute approximate surface area is 87.9 Å². The van der Waals surface area contributed by atoms with E-state index in [0.29, 0.717) is 5.69 Å². The summed E-state index contributed by atoms with van der Waals surface area (Å²) in [6.07, 6.45) is 1.50. The molecule has 0 spiro atoms. The highest BCUT2D eigenvalue weighted by molar-refractivity contribution is 5.79. The SMILES string of the molecule is CNC(=O)C(C)n1cc(N)c(C)cc1=O. The fourth-order valence-corrected chi connectivity index (χ4v) is 1.30. The van der Waals surface area contributed by atoms with Crippen molar-refractivity contribution < 1.29 is 4.79 Å². The zero-order valence-corrected chi connectivity index (χ0v) is 9.07. The molecule has 0 aliphatic rings. The van der Waals surface area contributed by atoms with Crippen molar-refractivity contribution in [2.45, 2.75) is 19.9 Å². The van der Waals surface area contributed by atoms with E-state index in [1.807, 2.05) is 0 Å². The number of hydrogen-bond donors (Lipinski definition) is 2. The van der Waals surface area contributed by atoms with Gasteiger partial charge in [-0.15, -0.1) is 0 Å². The number of anilines is 1. The molecular weight excluding hydrogens is 194 g/mol. The highest BCUT2D eigenvalue weighted by Gasteiger charge is 2.14. The van der Waals surface area contributed by atoms with Crippen LogP contribution < -0.4 is 16.6 Å². The Hall–Kier alpha value is -1.78. The van der Waals surface area contributed by atoms with Crippen LogP contribution in [0.2, 0.25) is 0 Å². The molecule has 0 fully saturated rings. The Morgan fingerprint density at radius 1 is 1.60 bits per heavy atom. The predicted molar refractivity (Wildman–Crippen MR) is 58.6 cm³/mol. The van der Waals surface area contributed by atoms with Crippen molar-refractivity contribution in [2.75, 3.05) is 12.8 Å². The number of likely N-dealkylation sites (N-methyl/N-ethyl adjacent to an activating group) is 1. The van der Waals surface area contributed by atoms with E-state index in [1.165, 1.54) is 23.9 Å². The van der Waals surface area contributed by atoms with Gasteiger partial charge in [0, 0.05) is 19.3 Å². The minimum atomic E-state index is -0.551. The van der Waals surface area contributed by atoms with Gasteiger partial charge in [-0.2, -0.15) is 0 Å². The smallest absolute Gasteiger partial charge is 0.251 e. The average molecular weight is 209 g/mol. The summed E-state index contributed by atoms with van der Waals surface area (Å²) in [5.41, 5.74) is 6.68. The van der Waals surface area contributed by atoms with E-state index in [1.54, 1.807) is 13.8 Å². The van der Waals surface area contributed by atoms with E-state index < -0.39 is 6.04 Å². The van der Waals surface area contributed by atoms with Crippen molar-refractivity contribution >= 4 is 11.6 Å². The first-order chi connectivity index (χ1) is 6.97. The van der Waals surface area contributed by atoms with Crippen LogP contribution in [0.3, 0.4) is 0 Å². The number of nitrogen functional groups attached to an aromatic ring is 1. The van der Waals surface area contributed by atoms with Crippen molar-refractivity contribution in [1.82, 2.24) is 9.88 Å². The number of nitrogens with two attached hydrogens (primary N) is 1. The van der Waals surface area contributed by atoms with Gasteiger partial charge in [0.15, 0.2) is 0 Å². The number of rotatable bonds is 2. The minimum absolute atomic E-state index is 0.222. The van der Waals surface area contributed by atoms with Gasteiger partial charge < -0.3 is 15.6 Å². The van der Waals surface area contributed by atoms with Crippen LogP contribution in [0, 0.1) is 6.92 Å². The maximum Gasteiger partial charge on any atom is 0.251 e. The molecule has 5 heteroatoms. The van der Waals surface area contributed by atoms with Gasteiger partial charge in [0.1, 0.15) is 6.04 Å². The lowest BCUT2D eigenvalue weighted by Gasteiger charge is -2.14. The van der Waals surface area contributed by atoms with Crippen LogP contribution in [0.25, 0.3) is 0 Å².